The van der Waals surface area contributed by atoms with Crippen molar-refractivity contribution in [1.82, 2.24) is 10.1 Å². The molecular weight excluding hydrogens is 230 g/mol. The van der Waals surface area contributed by atoms with Gasteiger partial charge in [-0.1, -0.05) is 29.4 Å². The van der Waals surface area contributed by atoms with Gasteiger partial charge in [-0.3, -0.25) is 0 Å². The summed E-state index contributed by atoms with van der Waals surface area (Å²) in [6.45, 7) is 3.76. The molecule has 0 saturated carbocycles. The summed E-state index contributed by atoms with van der Waals surface area (Å²) in [7, 11) is 0. The quantitative estimate of drug-likeness (QED) is 0.855. The van der Waals surface area contributed by atoms with Crippen LogP contribution >= 0.6 is 0 Å². The van der Waals surface area contributed by atoms with E-state index in [1.165, 1.54) is 0 Å². The maximum Gasteiger partial charge on any atom is 0.240 e. The van der Waals surface area contributed by atoms with Crippen molar-refractivity contribution in [1.29, 1.82) is 0 Å². The average molecular weight is 247 g/mol. The van der Waals surface area contributed by atoms with Gasteiger partial charge in [0.05, 0.1) is 12.1 Å². The number of nitrogens with zero attached hydrogens (tertiary/aromatic N) is 2. The Morgan fingerprint density at radius 1 is 1.33 bits per heavy atom. The van der Waals surface area contributed by atoms with Gasteiger partial charge in [-0.25, -0.2) is 0 Å². The van der Waals surface area contributed by atoms with Crippen LogP contribution in [0.2, 0.25) is 0 Å². The summed E-state index contributed by atoms with van der Waals surface area (Å²) in [5, 5.41) is 13.8. The van der Waals surface area contributed by atoms with E-state index >= 15 is 0 Å². The summed E-state index contributed by atoms with van der Waals surface area (Å²) >= 11 is 0. The van der Waals surface area contributed by atoms with Crippen LogP contribution in [0.4, 0.5) is 0 Å². The number of hydrogen-bond donors (Lipinski definition) is 2. The molecule has 96 valence electrons. The van der Waals surface area contributed by atoms with Crippen molar-refractivity contribution in [3.05, 3.63) is 35.7 Å². The van der Waals surface area contributed by atoms with Gasteiger partial charge < -0.3 is 15.4 Å². The Bertz CT molecular complexity index is 529. The first-order valence-electron chi connectivity index (χ1n) is 5.83. The van der Waals surface area contributed by atoms with Gasteiger partial charge >= 0.3 is 0 Å². The van der Waals surface area contributed by atoms with Crippen molar-refractivity contribution in [3.8, 4) is 11.4 Å². The number of hydrogen-bond acceptors (Lipinski definition) is 5. The summed E-state index contributed by atoms with van der Waals surface area (Å²) in [6.07, 6.45) is 0.523. The molecule has 3 N–H and O–H groups in total. The number of nitrogens with two attached hydrogens (primary N) is 1. The lowest BCUT2D eigenvalue weighted by Gasteiger charge is -2.18. The first kappa shape index (κ1) is 12.7. The van der Waals surface area contributed by atoms with Crippen LogP contribution in [-0.2, 0) is 13.0 Å². The molecule has 1 heterocycles. The Hall–Kier alpha value is -1.72. The lowest BCUT2D eigenvalue weighted by Crippen LogP contribution is -2.22. The van der Waals surface area contributed by atoms with Crippen molar-refractivity contribution in [2.24, 2.45) is 5.73 Å². The molecule has 0 fully saturated rings. The first-order valence-corrected chi connectivity index (χ1v) is 5.83. The standard InChI is InChI=1S/C13H17N3O2/c1-13(2,17)7-9-5-3-4-6-10(9)12-15-11(8-14)18-16-12/h3-6,17H,7-8,14H2,1-2H3. The van der Waals surface area contributed by atoms with Crippen LogP contribution in [-0.4, -0.2) is 20.8 Å². The average Bonchev–Trinajstić information content (AvgIpc) is 2.76. The van der Waals surface area contributed by atoms with Gasteiger partial charge in [0.1, 0.15) is 0 Å². The number of aliphatic hydroxyl groups is 1. The molecule has 5 heteroatoms. The minimum Gasteiger partial charge on any atom is -0.390 e. The fourth-order valence-electron chi connectivity index (χ4n) is 1.81. The van der Waals surface area contributed by atoms with E-state index in [0.29, 0.717) is 18.1 Å². The number of benzene rings is 1. The minimum atomic E-state index is -0.781. The molecule has 2 rings (SSSR count). The van der Waals surface area contributed by atoms with Crippen molar-refractivity contribution in [3.63, 3.8) is 0 Å². The van der Waals surface area contributed by atoms with E-state index in [9.17, 15) is 5.11 Å². The molecule has 0 amide bonds. The fourth-order valence-corrected chi connectivity index (χ4v) is 1.81. The largest absolute Gasteiger partial charge is 0.390 e. The summed E-state index contributed by atoms with van der Waals surface area (Å²) in [6, 6.07) is 7.69. The second-order valence-electron chi connectivity index (χ2n) is 4.86. The zero-order chi connectivity index (χ0) is 13.2. The zero-order valence-electron chi connectivity index (χ0n) is 10.6. The lowest BCUT2D eigenvalue weighted by molar-refractivity contribution is 0.0811. The maximum atomic E-state index is 9.91. The third-order valence-corrected chi connectivity index (χ3v) is 2.52. The second kappa shape index (κ2) is 4.88. The van der Waals surface area contributed by atoms with Crippen molar-refractivity contribution >= 4 is 0 Å². The Morgan fingerprint density at radius 2 is 2.06 bits per heavy atom. The molecule has 0 unspecified atom stereocenters. The molecule has 0 aliphatic rings. The highest BCUT2D eigenvalue weighted by Crippen LogP contribution is 2.24. The lowest BCUT2D eigenvalue weighted by atomic mass is 9.94. The predicted molar refractivity (Wildman–Crippen MR) is 67.6 cm³/mol. The van der Waals surface area contributed by atoms with E-state index in [1.807, 2.05) is 24.3 Å². The zero-order valence-corrected chi connectivity index (χ0v) is 10.6. The van der Waals surface area contributed by atoms with Gasteiger partial charge in [0, 0.05) is 12.0 Å². The van der Waals surface area contributed by atoms with E-state index in [4.69, 9.17) is 10.3 Å². The van der Waals surface area contributed by atoms with Crippen LogP contribution < -0.4 is 5.73 Å². The Balaban J connectivity index is 2.38. The Labute approximate surface area is 106 Å². The monoisotopic (exact) mass is 247 g/mol. The van der Waals surface area contributed by atoms with Crippen LogP contribution in [0.5, 0.6) is 0 Å². The predicted octanol–water partition coefficient (Wildman–Crippen LogP) is 1.51. The second-order valence-corrected chi connectivity index (χ2v) is 4.86. The molecule has 0 spiro atoms. The summed E-state index contributed by atoms with van der Waals surface area (Å²) in [4.78, 5) is 4.21. The molecule has 0 saturated heterocycles. The molecular formula is C13H17N3O2. The topological polar surface area (TPSA) is 85.2 Å². The van der Waals surface area contributed by atoms with Crippen LogP contribution in [0.25, 0.3) is 11.4 Å². The molecule has 0 aliphatic heterocycles. The fraction of sp³-hybridized carbons (Fsp3) is 0.385. The summed E-state index contributed by atoms with van der Waals surface area (Å²) < 4.78 is 5.00. The molecule has 0 aliphatic carbocycles. The van der Waals surface area contributed by atoms with Gasteiger partial charge in [-0.2, -0.15) is 4.98 Å². The molecule has 0 atom stereocenters. The normalized spacial score (nSPS) is 11.8. The third kappa shape index (κ3) is 2.94. The van der Waals surface area contributed by atoms with E-state index in [-0.39, 0.29) is 6.54 Å². The van der Waals surface area contributed by atoms with Crippen LogP contribution in [0.3, 0.4) is 0 Å². The Morgan fingerprint density at radius 3 is 2.67 bits per heavy atom. The van der Waals surface area contributed by atoms with Gasteiger partial charge in [-0.05, 0) is 19.4 Å². The highest BCUT2D eigenvalue weighted by molar-refractivity contribution is 5.59. The highest BCUT2D eigenvalue weighted by Gasteiger charge is 2.18. The summed E-state index contributed by atoms with van der Waals surface area (Å²) in [5.41, 5.74) is 6.51. The molecule has 0 bridgehead atoms. The smallest absolute Gasteiger partial charge is 0.240 e. The third-order valence-electron chi connectivity index (χ3n) is 2.52. The highest BCUT2D eigenvalue weighted by atomic mass is 16.5. The number of aromatic nitrogens is 2. The van der Waals surface area contributed by atoms with Gasteiger partial charge in [0.15, 0.2) is 0 Å². The molecule has 2 aromatic rings. The van der Waals surface area contributed by atoms with E-state index in [1.54, 1.807) is 13.8 Å². The van der Waals surface area contributed by atoms with Gasteiger partial charge in [-0.15, -0.1) is 0 Å². The van der Waals surface area contributed by atoms with Crippen molar-refractivity contribution in [2.75, 3.05) is 0 Å². The number of rotatable bonds is 4. The Kier molecular flexibility index (Phi) is 3.45. The van der Waals surface area contributed by atoms with E-state index < -0.39 is 5.60 Å². The summed E-state index contributed by atoms with van der Waals surface area (Å²) in [5.74, 6) is 0.915. The van der Waals surface area contributed by atoms with Crippen LogP contribution in [0.1, 0.15) is 25.3 Å². The van der Waals surface area contributed by atoms with E-state index in [2.05, 4.69) is 10.1 Å². The van der Waals surface area contributed by atoms with Crippen LogP contribution in [0.15, 0.2) is 28.8 Å². The molecule has 1 aromatic carbocycles. The van der Waals surface area contributed by atoms with Crippen molar-refractivity contribution in [2.45, 2.75) is 32.4 Å². The van der Waals surface area contributed by atoms with Crippen LogP contribution in [0, 0.1) is 0 Å². The molecule has 1 aromatic heterocycles. The first-order chi connectivity index (χ1) is 8.49. The van der Waals surface area contributed by atoms with Gasteiger partial charge in [0.2, 0.25) is 11.7 Å². The van der Waals surface area contributed by atoms with Gasteiger partial charge in [0.25, 0.3) is 0 Å². The molecule has 5 nitrogen and oxygen atoms in total. The molecule has 18 heavy (non-hydrogen) atoms. The minimum absolute atomic E-state index is 0.223. The maximum absolute atomic E-state index is 9.91. The van der Waals surface area contributed by atoms with Crippen molar-refractivity contribution < 1.29 is 9.63 Å². The SMILES string of the molecule is CC(C)(O)Cc1ccccc1-c1noc(CN)n1. The molecule has 0 radical (unpaired) electrons. The van der Waals surface area contributed by atoms with E-state index in [0.717, 1.165) is 11.1 Å².